The average molecular weight is 325 g/mol. The van der Waals surface area contributed by atoms with Gasteiger partial charge in [0.15, 0.2) is 0 Å². The van der Waals surface area contributed by atoms with Gasteiger partial charge in [-0.25, -0.2) is 0 Å². The molecule has 0 aliphatic rings. The molecule has 0 spiro atoms. The summed E-state index contributed by atoms with van der Waals surface area (Å²) in [7, 11) is 0. The number of rotatable bonds is 6. The Hall–Kier alpha value is -2.57. The van der Waals surface area contributed by atoms with E-state index in [2.05, 4.69) is 0 Å². The summed E-state index contributed by atoms with van der Waals surface area (Å²) >= 11 is 0. The van der Waals surface area contributed by atoms with Gasteiger partial charge in [0.05, 0.1) is 18.0 Å². The third-order valence-electron chi connectivity index (χ3n) is 3.14. The molecule has 2 aromatic rings. The zero-order valence-corrected chi connectivity index (χ0v) is 12.0. The van der Waals surface area contributed by atoms with E-state index in [-0.39, 0.29) is 11.4 Å². The predicted octanol–water partition coefficient (Wildman–Crippen LogP) is 4.52. The number of nitro benzene ring substituents is 1. The van der Waals surface area contributed by atoms with Crippen molar-refractivity contribution in [2.45, 2.75) is 19.0 Å². The maximum absolute atomic E-state index is 12.2. The van der Waals surface area contributed by atoms with Crippen molar-refractivity contribution in [1.82, 2.24) is 0 Å². The van der Waals surface area contributed by atoms with Crippen molar-refractivity contribution in [2.75, 3.05) is 6.61 Å². The Balaban J connectivity index is 2.20. The van der Waals surface area contributed by atoms with Crippen LogP contribution in [0, 0.1) is 10.1 Å². The summed E-state index contributed by atoms with van der Waals surface area (Å²) in [5.41, 5.74) is 1.24. The molecule has 0 amide bonds. The summed E-state index contributed by atoms with van der Waals surface area (Å²) in [6.07, 6.45) is -5.04. The summed E-state index contributed by atoms with van der Waals surface area (Å²) in [4.78, 5) is 10.3. The second-order valence-corrected chi connectivity index (χ2v) is 4.93. The van der Waals surface area contributed by atoms with Crippen molar-refractivity contribution < 1.29 is 22.8 Å². The Bertz CT molecular complexity index is 672. The van der Waals surface area contributed by atoms with E-state index >= 15 is 0 Å². The zero-order chi connectivity index (χ0) is 16.9. The number of hydrogen-bond acceptors (Lipinski definition) is 3. The van der Waals surface area contributed by atoms with E-state index in [9.17, 15) is 23.3 Å². The van der Waals surface area contributed by atoms with Crippen LogP contribution >= 0.6 is 0 Å². The first-order valence-electron chi connectivity index (χ1n) is 6.86. The topological polar surface area (TPSA) is 52.4 Å². The molecular formula is C16H14F3NO3. The van der Waals surface area contributed by atoms with Gasteiger partial charge in [-0.05, 0) is 11.6 Å². The first-order valence-corrected chi connectivity index (χ1v) is 6.86. The standard InChI is InChI=1S/C16H14F3NO3/c17-16(18,19)8-9-23-15-7-6-14(20(21)22)11-13(15)10-12-4-2-1-3-5-12/h1-7,11H,8-10H2. The second-order valence-electron chi connectivity index (χ2n) is 4.93. The molecule has 7 heteroatoms. The number of alkyl halides is 3. The van der Waals surface area contributed by atoms with Crippen molar-refractivity contribution in [3.8, 4) is 5.75 Å². The molecule has 0 fully saturated rings. The van der Waals surface area contributed by atoms with Crippen molar-refractivity contribution in [2.24, 2.45) is 0 Å². The average Bonchev–Trinajstić information content (AvgIpc) is 2.48. The normalized spacial score (nSPS) is 11.3. The second kappa shape index (κ2) is 7.13. The third-order valence-corrected chi connectivity index (χ3v) is 3.14. The van der Waals surface area contributed by atoms with Crippen LogP contribution < -0.4 is 4.74 Å². The van der Waals surface area contributed by atoms with Gasteiger partial charge in [-0.1, -0.05) is 30.3 Å². The minimum Gasteiger partial charge on any atom is -0.493 e. The van der Waals surface area contributed by atoms with Gasteiger partial charge in [0.2, 0.25) is 0 Å². The van der Waals surface area contributed by atoms with E-state index in [1.807, 2.05) is 30.3 Å². The van der Waals surface area contributed by atoms with Gasteiger partial charge in [0, 0.05) is 24.1 Å². The van der Waals surface area contributed by atoms with E-state index in [1.54, 1.807) is 0 Å². The summed E-state index contributed by atoms with van der Waals surface area (Å²) in [5.74, 6) is 0.226. The quantitative estimate of drug-likeness (QED) is 0.580. The molecule has 23 heavy (non-hydrogen) atoms. The van der Waals surface area contributed by atoms with Gasteiger partial charge in [-0.2, -0.15) is 13.2 Å². The largest absolute Gasteiger partial charge is 0.493 e. The molecule has 0 aliphatic heterocycles. The zero-order valence-electron chi connectivity index (χ0n) is 12.0. The number of non-ortho nitro benzene ring substituents is 1. The Morgan fingerprint density at radius 2 is 1.78 bits per heavy atom. The first kappa shape index (κ1) is 16.8. The predicted molar refractivity (Wildman–Crippen MR) is 78.5 cm³/mol. The molecule has 0 unspecified atom stereocenters. The van der Waals surface area contributed by atoms with Gasteiger partial charge in [0.25, 0.3) is 5.69 Å². The molecule has 122 valence electrons. The highest BCUT2D eigenvalue weighted by Gasteiger charge is 2.27. The number of halogens is 3. The Morgan fingerprint density at radius 3 is 2.39 bits per heavy atom. The highest BCUT2D eigenvalue weighted by molar-refractivity contribution is 5.46. The number of benzene rings is 2. The molecule has 0 saturated heterocycles. The van der Waals surface area contributed by atoms with E-state index in [0.29, 0.717) is 12.0 Å². The monoisotopic (exact) mass is 325 g/mol. The Kier molecular flexibility index (Phi) is 5.20. The van der Waals surface area contributed by atoms with Crippen LogP contribution in [0.25, 0.3) is 0 Å². The molecule has 2 aromatic carbocycles. The summed E-state index contributed by atoms with van der Waals surface area (Å²) in [6, 6.07) is 13.0. The Labute approximate surface area is 130 Å². The van der Waals surface area contributed by atoms with Crippen LogP contribution in [0.1, 0.15) is 17.5 Å². The van der Waals surface area contributed by atoms with Crippen molar-refractivity contribution in [3.63, 3.8) is 0 Å². The minimum absolute atomic E-state index is 0.126. The van der Waals surface area contributed by atoms with Crippen LogP contribution in [0.4, 0.5) is 18.9 Å². The van der Waals surface area contributed by atoms with E-state index < -0.39 is 24.1 Å². The van der Waals surface area contributed by atoms with Gasteiger partial charge in [0.1, 0.15) is 5.75 Å². The van der Waals surface area contributed by atoms with Crippen molar-refractivity contribution in [1.29, 1.82) is 0 Å². The molecule has 0 aromatic heterocycles. The maximum atomic E-state index is 12.2. The minimum atomic E-state index is -4.31. The van der Waals surface area contributed by atoms with E-state index in [0.717, 1.165) is 5.56 Å². The molecular weight excluding hydrogens is 311 g/mol. The summed E-state index contributed by atoms with van der Waals surface area (Å²) in [5, 5.41) is 10.9. The maximum Gasteiger partial charge on any atom is 0.392 e. The van der Waals surface area contributed by atoms with E-state index in [1.165, 1.54) is 18.2 Å². The first-order chi connectivity index (χ1) is 10.8. The van der Waals surface area contributed by atoms with Crippen molar-refractivity contribution >= 4 is 5.69 Å². The molecule has 2 rings (SSSR count). The smallest absolute Gasteiger partial charge is 0.392 e. The van der Waals surface area contributed by atoms with Gasteiger partial charge in [-0.3, -0.25) is 10.1 Å². The number of hydrogen-bond donors (Lipinski definition) is 0. The fourth-order valence-corrected chi connectivity index (χ4v) is 2.05. The highest BCUT2D eigenvalue weighted by atomic mass is 19.4. The summed E-state index contributed by atoms with van der Waals surface area (Å²) < 4.78 is 41.8. The van der Waals surface area contributed by atoms with Gasteiger partial charge < -0.3 is 4.74 Å². The lowest BCUT2D eigenvalue weighted by molar-refractivity contribution is -0.384. The number of nitro groups is 1. The Morgan fingerprint density at radius 1 is 1.09 bits per heavy atom. The third kappa shape index (κ3) is 5.28. The highest BCUT2D eigenvalue weighted by Crippen LogP contribution is 2.28. The van der Waals surface area contributed by atoms with Gasteiger partial charge >= 0.3 is 6.18 Å². The lowest BCUT2D eigenvalue weighted by Crippen LogP contribution is -2.13. The lowest BCUT2D eigenvalue weighted by atomic mass is 10.0. The van der Waals surface area contributed by atoms with Crippen LogP contribution in [0.3, 0.4) is 0 Å². The van der Waals surface area contributed by atoms with Crippen LogP contribution in [-0.4, -0.2) is 17.7 Å². The van der Waals surface area contributed by atoms with Crippen LogP contribution in [0.15, 0.2) is 48.5 Å². The van der Waals surface area contributed by atoms with Crippen LogP contribution in [0.2, 0.25) is 0 Å². The number of nitrogens with zero attached hydrogens (tertiary/aromatic N) is 1. The molecule has 0 bridgehead atoms. The van der Waals surface area contributed by atoms with Crippen LogP contribution in [-0.2, 0) is 6.42 Å². The molecule has 0 atom stereocenters. The van der Waals surface area contributed by atoms with Crippen molar-refractivity contribution in [3.05, 3.63) is 69.8 Å². The summed E-state index contributed by atoms with van der Waals surface area (Å²) in [6.45, 7) is -0.525. The molecule has 0 N–H and O–H groups in total. The lowest BCUT2D eigenvalue weighted by Gasteiger charge is -2.13. The fraction of sp³-hybridized carbons (Fsp3) is 0.250. The molecule has 4 nitrogen and oxygen atoms in total. The SMILES string of the molecule is O=[N+]([O-])c1ccc(OCCC(F)(F)F)c(Cc2ccccc2)c1. The van der Waals surface area contributed by atoms with Gasteiger partial charge in [-0.15, -0.1) is 0 Å². The van der Waals surface area contributed by atoms with Crippen LogP contribution in [0.5, 0.6) is 5.75 Å². The van der Waals surface area contributed by atoms with E-state index in [4.69, 9.17) is 4.74 Å². The fourth-order valence-electron chi connectivity index (χ4n) is 2.05. The number of ether oxygens (including phenoxy) is 1. The molecule has 0 radical (unpaired) electrons. The molecule has 0 saturated carbocycles. The molecule has 0 heterocycles. The molecule has 0 aliphatic carbocycles.